The number of hydrogen-bond donors (Lipinski definition) is 0. The molecule has 0 bridgehead atoms. The fraction of sp³-hybridized carbons (Fsp3) is 0.333. The normalized spacial score (nSPS) is 21.6. The third kappa shape index (κ3) is 2.19. The van der Waals surface area contributed by atoms with Crippen LogP contribution in [0.3, 0.4) is 0 Å². The maximum absolute atomic E-state index is 11.2. The maximum atomic E-state index is 11.2. The Bertz CT molecular complexity index is 996. The van der Waals surface area contributed by atoms with Crippen LogP contribution in [-0.2, 0) is 5.41 Å². The van der Waals surface area contributed by atoms with E-state index in [1.165, 1.54) is 30.4 Å². The molecule has 0 saturated heterocycles. The predicted molar refractivity (Wildman–Crippen MR) is 105 cm³/mol. The van der Waals surface area contributed by atoms with Crippen molar-refractivity contribution in [3.8, 4) is 11.5 Å². The summed E-state index contributed by atoms with van der Waals surface area (Å²) in [6.45, 7) is 6.39. The van der Waals surface area contributed by atoms with E-state index in [2.05, 4.69) is 43.9 Å². The summed E-state index contributed by atoms with van der Waals surface area (Å²) in [5.41, 5.74) is 3.04. The summed E-state index contributed by atoms with van der Waals surface area (Å²) >= 11 is 0. The zero-order valence-corrected chi connectivity index (χ0v) is 16.1. The lowest BCUT2D eigenvalue weighted by atomic mass is 9.76. The van der Waals surface area contributed by atoms with Crippen molar-refractivity contribution in [3.63, 3.8) is 0 Å². The molecule has 0 fully saturated rings. The Morgan fingerprint density at radius 2 is 1.96 bits per heavy atom. The number of hydrogen-bond acceptors (Lipinski definition) is 5. The van der Waals surface area contributed by atoms with Gasteiger partial charge in [-0.1, -0.05) is 17.7 Å². The number of ether oxygens (including phenoxy) is 2. The summed E-state index contributed by atoms with van der Waals surface area (Å²) in [4.78, 5) is 12.9. The van der Waals surface area contributed by atoms with Gasteiger partial charge in [-0.05, 0) is 44.6 Å². The van der Waals surface area contributed by atoms with E-state index < -0.39 is 10.6 Å². The molecule has 0 aromatic heterocycles. The number of non-ortho nitro benzene ring substituents is 1. The van der Waals surface area contributed by atoms with E-state index >= 15 is 0 Å². The lowest BCUT2D eigenvalue weighted by Crippen LogP contribution is -2.58. The number of anilines is 1. The Morgan fingerprint density at radius 3 is 2.63 bits per heavy atom. The second kappa shape index (κ2) is 5.49. The smallest absolute Gasteiger partial charge is 0.274 e. The highest BCUT2D eigenvalue weighted by molar-refractivity contribution is 5.75. The third-order valence-corrected chi connectivity index (χ3v) is 5.83. The minimum atomic E-state index is -0.750. The minimum Gasteiger partial charge on any atom is -0.493 e. The van der Waals surface area contributed by atoms with Crippen LogP contribution in [0, 0.1) is 17.0 Å². The molecule has 140 valence electrons. The summed E-state index contributed by atoms with van der Waals surface area (Å²) in [5, 5.41) is 11.2. The summed E-state index contributed by atoms with van der Waals surface area (Å²) in [5.74, 6) is 0.884. The molecule has 0 aliphatic carbocycles. The molecule has 6 heteroatoms. The molecule has 6 nitrogen and oxygen atoms in total. The van der Waals surface area contributed by atoms with Gasteiger partial charge in [-0.2, -0.15) is 0 Å². The van der Waals surface area contributed by atoms with Crippen molar-refractivity contribution < 1.29 is 14.4 Å². The van der Waals surface area contributed by atoms with Crippen LogP contribution in [0.4, 0.5) is 11.4 Å². The zero-order chi connectivity index (χ0) is 19.6. The fourth-order valence-electron chi connectivity index (χ4n) is 4.24. The van der Waals surface area contributed by atoms with Gasteiger partial charge < -0.3 is 14.4 Å². The van der Waals surface area contributed by atoms with Gasteiger partial charge in [-0.3, -0.25) is 10.1 Å². The maximum Gasteiger partial charge on any atom is 0.274 e. The van der Waals surface area contributed by atoms with E-state index in [0.717, 1.165) is 5.69 Å². The van der Waals surface area contributed by atoms with E-state index in [4.69, 9.17) is 9.47 Å². The molecule has 2 aliphatic rings. The number of methoxy groups -OCH3 is 1. The Labute approximate surface area is 158 Å². The van der Waals surface area contributed by atoms with Crippen LogP contribution in [0.1, 0.15) is 30.5 Å². The highest BCUT2D eigenvalue weighted by atomic mass is 16.6. The van der Waals surface area contributed by atoms with Gasteiger partial charge in [0.25, 0.3) is 5.69 Å². The lowest BCUT2D eigenvalue weighted by molar-refractivity contribution is -0.385. The van der Waals surface area contributed by atoms with Gasteiger partial charge in [0.1, 0.15) is 0 Å². The highest BCUT2D eigenvalue weighted by Gasteiger charge is 2.58. The molecule has 27 heavy (non-hydrogen) atoms. The van der Waals surface area contributed by atoms with E-state index in [-0.39, 0.29) is 11.1 Å². The van der Waals surface area contributed by atoms with Crippen molar-refractivity contribution in [1.82, 2.24) is 0 Å². The van der Waals surface area contributed by atoms with Crippen molar-refractivity contribution in [3.05, 3.63) is 63.2 Å². The number of aryl methyl sites for hydroxylation is 1. The highest BCUT2D eigenvalue weighted by Crippen LogP contribution is 2.55. The second-order valence-electron chi connectivity index (χ2n) is 7.66. The van der Waals surface area contributed by atoms with Crippen LogP contribution in [0.25, 0.3) is 6.08 Å². The first-order chi connectivity index (χ1) is 12.7. The Kier molecular flexibility index (Phi) is 3.54. The van der Waals surface area contributed by atoms with Gasteiger partial charge in [0, 0.05) is 24.4 Å². The molecule has 1 unspecified atom stereocenters. The average molecular weight is 366 g/mol. The van der Waals surface area contributed by atoms with Crippen LogP contribution < -0.4 is 14.4 Å². The van der Waals surface area contributed by atoms with E-state index in [9.17, 15) is 10.1 Å². The molecule has 2 aliphatic heterocycles. The second-order valence-corrected chi connectivity index (χ2v) is 7.66. The molecular formula is C21H22N2O4. The van der Waals surface area contributed by atoms with Crippen LogP contribution in [0.2, 0.25) is 0 Å². The summed E-state index contributed by atoms with van der Waals surface area (Å²) < 4.78 is 12.0. The van der Waals surface area contributed by atoms with Gasteiger partial charge in [-0.25, -0.2) is 0 Å². The average Bonchev–Trinajstić information content (AvgIpc) is 2.79. The number of fused-ring (bicyclic) bond motifs is 2. The molecule has 0 N–H and O–H groups in total. The molecule has 2 heterocycles. The molecule has 0 radical (unpaired) electrons. The Hall–Kier alpha value is -3.02. The van der Waals surface area contributed by atoms with Gasteiger partial charge in [0.2, 0.25) is 5.72 Å². The predicted octanol–water partition coefficient (Wildman–Crippen LogP) is 4.44. The topological polar surface area (TPSA) is 64.8 Å². The number of rotatable bonds is 2. The van der Waals surface area contributed by atoms with Gasteiger partial charge in [-0.15, -0.1) is 0 Å². The van der Waals surface area contributed by atoms with Crippen LogP contribution in [0.5, 0.6) is 11.5 Å². The molecular weight excluding hydrogens is 344 g/mol. The molecule has 0 saturated carbocycles. The summed E-state index contributed by atoms with van der Waals surface area (Å²) in [7, 11) is 3.51. The van der Waals surface area contributed by atoms with Gasteiger partial charge in [0.15, 0.2) is 11.5 Å². The lowest BCUT2D eigenvalue weighted by Gasteiger charge is -2.45. The van der Waals surface area contributed by atoms with Crippen molar-refractivity contribution in [2.75, 3.05) is 19.1 Å². The van der Waals surface area contributed by atoms with Crippen LogP contribution in [0.15, 0.2) is 36.4 Å². The standard InChI is InChI=1S/C21H22N2O4/c1-13-6-7-17-16(10-13)20(2,3)21(22(17)4)9-8-14-11-15(23(24)25)12-18(26-5)19(14)27-21/h6-12H,1-5H3. The number of benzene rings is 2. The van der Waals surface area contributed by atoms with Gasteiger partial charge >= 0.3 is 0 Å². The van der Waals surface area contributed by atoms with Crippen molar-refractivity contribution in [2.24, 2.45) is 0 Å². The number of nitro benzene ring substituents is 1. The van der Waals surface area contributed by atoms with Crippen molar-refractivity contribution in [1.29, 1.82) is 0 Å². The van der Waals surface area contributed by atoms with Crippen LogP contribution >= 0.6 is 0 Å². The van der Waals surface area contributed by atoms with E-state index in [1.807, 2.05) is 19.2 Å². The molecule has 4 rings (SSSR count). The monoisotopic (exact) mass is 366 g/mol. The SMILES string of the molecule is COc1cc([N+](=O)[O-])cc2c1OC1(C=C2)N(C)c2ccc(C)cc2C1(C)C. The van der Waals surface area contributed by atoms with E-state index in [1.54, 1.807) is 0 Å². The largest absolute Gasteiger partial charge is 0.493 e. The number of likely N-dealkylation sites (N-methyl/N-ethyl adjacent to an activating group) is 1. The zero-order valence-electron chi connectivity index (χ0n) is 16.1. The first-order valence-corrected chi connectivity index (χ1v) is 8.81. The molecule has 0 amide bonds. The Morgan fingerprint density at radius 1 is 1.22 bits per heavy atom. The Balaban J connectivity index is 1.89. The van der Waals surface area contributed by atoms with E-state index in [0.29, 0.717) is 17.1 Å². The third-order valence-electron chi connectivity index (χ3n) is 5.83. The first-order valence-electron chi connectivity index (χ1n) is 8.81. The van der Waals surface area contributed by atoms with Crippen molar-refractivity contribution >= 4 is 17.5 Å². The summed E-state index contributed by atoms with van der Waals surface area (Å²) in [6.07, 6.45) is 3.89. The minimum absolute atomic E-state index is 0.0206. The molecule has 2 aromatic rings. The van der Waals surface area contributed by atoms with Crippen molar-refractivity contribution in [2.45, 2.75) is 31.9 Å². The van der Waals surface area contributed by atoms with Gasteiger partial charge in [0.05, 0.1) is 23.5 Å². The fourth-order valence-corrected chi connectivity index (χ4v) is 4.24. The molecule has 1 atom stereocenters. The number of nitro groups is 1. The quantitative estimate of drug-likeness (QED) is 0.581. The van der Waals surface area contributed by atoms with Crippen LogP contribution in [-0.4, -0.2) is 24.8 Å². The first kappa shape index (κ1) is 17.4. The number of nitrogens with zero attached hydrogens (tertiary/aromatic N) is 2. The summed E-state index contributed by atoms with van der Waals surface area (Å²) in [6, 6.07) is 9.32. The molecule has 2 aromatic carbocycles. The molecule has 1 spiro atoms.